The third-order valence-corrected chi connectivity index (χ3v) is 2.29. The standard InChI is InChI=1S/C12H15NO5/c1-18-7-8-3-2-4-9(5-8)11(15)13-10(6-14)12(16)17/h2-5,10,14H,6-7H2,1H3,(H,13,15)(H,16,17). The highest BCUT2D eigenvalue weighted by Crippen LogP contribution is 2.06. The average molecular weight is 253 g/mol. The monoisotopic (exact) mass is 253 g/mol. The largest absolute Gasteiger partial charge is 0.480 e. The van der Waals surface area contributed by atoms with Gasteiger partial charge in [0.05, 0.1) is 13.2 Å². The van der Waals surface area contributed by atoms with Crippen LogP contribution in [0.5, 0.6) is 0 Å². The molecule has 0 heterocycles. The summed E-state index contributed by atoms with van der Waals surface area (Å²) in [4.78, 5) is 22.4. The number of aliphatic hydroxyl groups is 1. The molecule has 0 radical (unpaired) electrons. The van der Waals surface area contributed by atoms with Crippen LogP contribution in [0.15, 0.2) is 24.3 Å². The van der Waals surface area contributed by atoms with Crippen LogP contribution in [0.1, 0.15) is 15.9 Å². The highest BCUT2D eigenvalue weighted by Gasteiger charge is 2.19. The lowest BCUT2D eigenvalue weighted by Gasteiger charge is -2.12. The van der Waals surface area contributed by atoms with E-state index in [9.17, 15) is 9.59 Å². The number of amides is 1. The Kier molecular flexibility index (Phi) is 5.29. The van der Waals surface area contributed by atoms with Gasteiger partial charge in [-0.05, 0) is 17.7 Å². The predicted molar refractivity (Wildman–Crippen MR) is 63.1 cm³/mol. The molecule has 0 aromatic heterocycles. The average Bonchev–Trinajstić information content (AvgIpc) is 2.36. The fraction of sp³-hybridized carbons (Fsp3) is 0.333. The minimum absolute atomic E-state index is 0.323. The normalized spacial score (nSPS) is 11.9. The second-order valence-corrected chi connectivity index (χ2v) is 3.68. The van der Waals surface area contributed by atoms with Crippen LogP contribution in [-0.4, -0.2) is 41.8 Å². The van der Waals surface area contributed by atoms with Crippen molar-refractivity contribution in [3.8, 4) is 0 Å². The number of methoxy groups -OCH3 is 1. The summed E-state index contributed by atoms with van der Waals surface area (Å²) in [5.74, 6) is -1.83. The van der Waals surface area contributed by atoms with Gasteiger partial charge in [-0.2, -0.15) is 0 Å². The number of rotatable bonds is 6. The number of carboxylic acids is 1. The van der Waals surface area contributed by atoms with Crippen LogP contribution in [0.3, 0.4) is 0 Å². The first kappa shape index (κ1) is 14.1. The lowest BCUT2D eigenvalue weighted by atomic mass is 10.1. The van der Waals surface area contributed by atoms with Crippen molar-refractivity contribution in [3.05, 3.63) is 35.4 Å². The molecule has 0 aliphatic rings. The summed E-state index contributed by atoms with van der Waals surface area (Å²) < 4.78 is 4.94. The van der Waals surface area contributed by atoms with E-state index in [0.29, 0.717) is 12.2 Å². The molecule has 0 saturated carbocycles. The summed E-state index contributed by atoms with van der Waals surface area (Å²) in [6, 6.07) is 5.34. The van der Waals surface area contributed by atoms with Crippen molar-refractivity contribution in [2.75, 3.05) is 13.7 Å². The molecule has 0 aliphatic carbocycles. The van der Waals surface area contributed by atoms with Gasteiger partial charge in [-0.25, -0.2) is 4.79 Å². The first-order valence-electron chi connectivity index (χ1n) is 5.31. The van der Waals surface area contributed by atoms with Crippen molar-refractivity contribution >= 4 is 11.9 Å². The summed E-state index contributed by atoms with van der Waals surface area (Å²) in [5.41, 5.74) is 1.13. The van der Waals surface area contributed by atoms with Crippen LogP contribution in [-0.2, 0) is 16.1 Å². The molecule has 1 atom stereocenters. The molecule has 1 aromatic carbocycles. The highest BCUT2D eigenvalue weighted by molar-refractivity contribution is 5.96. The molecule has 1 unspecified atom stereocenters. The van der Waals surface area contributed by atoms with E-state index in [0.717, 1.165) is 5.56 Å². The van der Waals surface area contributed by atoms with Gasteiger partial charge in [-0.15, -0.1) is 0 Å². The third-order valence-electron chi connectivity index (χ3n) is 2.29. The van der Waals surface area contributed by atoms with Crippen molar-refractivity contribution in [2.45, 2.75) is 12.6 Å². The van der Waals surface area contributed by atoms with E-state index in [1.165, 1.54) is 0 Å². The van der Waals surface area contributed by atoms with Gasteiger partial charge in [0.2, 0.25) is 0 Å². The third kappa shape index (κ3) is 3.83. The Hall–Kier alpha value is -1.92. The van der Waals surface area contributed by atoms with E-state index in [-0.39, 0.29) is 0 Å². The fourth-order valence-corrected chi connectivity index (χ4v) is 1.40. The Morgan fingerprint density at radius 3 is 2.72 bits per heavy atom. The smallest absolute Gasteiger partial charge is 0.328 e. The maximum Gasteiger partial charge on any atom is 0.328 e. The predicted octanol–water partition coefficient (Wildman–Crippen LogP) is 0.00830. The zero-order chi connectivity index (χ0) is 13.5. The van der Waals surface area contributed by atoms with Gasteiger partial charge in [0.1, 0.15) is 0 Å². The van der Waals surface area contributed by atoms with Crippen molar-refractivity contribution < 1.29 is 24.5 Å². The van der Waals surface area contributed by atoms with Gasteiger partial charge in [0.15, 0.2) is 6.04 Å². The number of carbonyl (C=O) groups excluding carboxylic acids is 1. The molecule has 98 valence electrons. The molecule has 0 saturated heterocycles. The van der Waals surface area contributed by atoms with Gasteiger partial charge >= 0.3 is 5.97 Å². The SMILES string of the molecule is COCc1cccc(C(=O)NC(CO)C(=O)O)c1. The van der Waals surface area contributed by atoms with Crippen molar-refractivity contribution in [3.63, 3.8) is 0 Å². The minimum Gasteiger partial charge on any atom is -0.480 e. The van der Waals surface area contributed by atoms with Crippen LogP contribution in [0.25, 0.3) is 0 Å². The van der Waals surface area contributed by atoms with E-state index in [1.807, 2.05) is 0 Å². The van der Waals surface area contributed by atoms with Crippen molar-refractivity contribution in [1.82, 2.24) is 5.32 Å². The number of ether oxygens (including phenoxy) is 1. The van der Waals surface area contributed by atoms with Gasteiger partial charge in [0.25, 0.3) is 5.91 Å². The maximum absolute atomic E-state index is 11.7. The Morgan fingerprint density at radius 2 is 2.17 bits per heavy atom. The van der Waals surface area contributed by atoms with Gasteiger partial charge in [0, 0.05) is 12.7 Å². The number of aliphatic hydroxyl groups excluding tert-OH is 1. The van der Waals surface area contributed by atoms with E-state index >= 15 is 0 Å². The molecule has 18 heavy (non-hydrogen) atoms. The number of carboxylic acid groups (broad SMARTS) is 1. The Bertz CT molecular complexity index is 432. The topological polar surface area (TPSA) is 95.9 Å². The Balaban J connectivity index is 2.77. The first-order valence-corrected chi connectivity index (χ1v) is 5.31. The number of hydrogen-bond donors (Lipinski definition) is 3. The van der Waals surface area contributed by atoms with E-state index in [2.05, 4.69) is 5.32 Å². The van der Waals surface area contributed by atoms with Crippen LogP contribution in [0, 0.1) is 0 Å². The van der Waals surface area contributed by atoms with E-state index in [1.54, 1.807) is 31.4 Å². The lowest BCUT2D eigenvalue weighted by Crippen LogP contribution is -2.43. The van der Waals surface area contributed by atoms with E-state index < -0.39 is 24.5 Å². The summed E-state index contributed by atoms with van der Waals surface area (Å²) in [6.07, 6.45) is 0. The van der Waals surface area contributed by atoms with Gasteiger partial charge in [-0.3, -0.25) is 4.79 Å². The molecule has 6 nitrogen and oxygen atoms in total. The number of hydrogen-bond acceptors (Lipinski definition) is 4. The van der Waals surface area contributed by atoms with Crippen molar-refractivity contribution in [1.29, 1.82) is 0 Å². The highest BCUT2D eigenvalue weighted by atomic mass is 16.5. The van der Waals surface area contributed by atoms with Crippen LogP contribution in [0.2, 0.25) is 0 Å². The van der Waals surface area contributed by atoms with Crippen LogP contribution in [0.4, 0.5) is 0 Å². The summed E-state index contributed by atoms with van der Waals surface area (Å²) in [7, 11) is 1.54. The zero-order valence-electron chi connectivity index (χ0n) is 9.92. The van der Waals surface area contributed by atoms with Crippen molar-refractivity contribution in [2.24, 2.45) is 0 Å². The quantitative estimate of drug-likeness (QED) is 0.663. The van der Waals surface area contributed by atoms with Crippen LogP contribution < -0.4 is 5.32 Å². The number of nitrogens with one attached hydrogen (secondary N) is 1. The van der Waals surface area contributed by atoms with Gasteiger partial charge in [-0.1, -0.05) is 12.1 Å². The second kappa shape index (κ2) is 6.73. The number of carbonyl (C=O) groups is 2. The summed E-state index contributed by atoms with van der Waals surface area (Å²) >= 11 is 0. The molecular formula is C12H15NO5. The maximum atomic E-state index is 11.7. The Labute approximate surface area is 104 Å². The van der Waals surface area contributed by atoms with E-state index in [4.69, 9.17) is 14.9 Å². The molecular weight excluding hydrogens is 238 g/mol. The fourth-order valence-electron chi connectivity index (χ4n) is 1.40. The van der Waals surface area contributed by atoms with Gasteiger partial charge < -0.3 is 20.3 Å². The summed E-state index contributed by atoms with van der Waals surface area (Å²) in [5, 5.41) is 19.8. The molecule has 3 N–H and O–H groups in total. The lowest BCUT2D eigenvalue weighted by molar-refractivity contribution is -0.140. The Morgan fingerprint density at radius 1 is 1.44 bits per heavy atom. The minimum atomic E-state index is -1.30. The molecule has 0 aliphatic heterocycles. The molecule has 0 fully saturated rings. The zero-order valence-corrected chi connectivity index (χ0v) is 9.92. The molecule has 1 aromatic rings. The molecule has 0 spiro atoms. The molecule has 1 rings (SSSR count). The molecule has 1 amide bonds. The number of benzene rings is 1. The second-order valence-electron chi connectivity index (χ2n) is 3.68. The van der Waals surface area contributed by atoms with Crippen LogP contribution >= 0.6 is 0 Å². The summed E-state index contributed by atoms with van der Waals surface area (Å²) in [6.45, 7) is -0.289. The molecule has 6 heteroatoms. The first-order chi connectivity index (χ1) is 8.58. The number of aliphatic carboxylic acids is 1. The molecule has 0 bridgehead atoms.